The molecule has 1 aliphatic rings. The van der Waals surface area contributed by atoms with Crippen molar-refractivity contribution >= 4 is 16.1 Å². The van der Waals surface area contributed by atoms with Gasteiger partial charge in [0, 0.05) is 0 Å². The molecule has 25 heavy (non-hydrogen) atoms. The van der Waals surface area contributed by atoms with Gasteiger partial charge in [-0.3, -0.25) is 0 Å². The molecule has 1 atom stereocenters. The van der Waals surface area contributed by atoms with Gasteiger partial charge in [-0.2, -0.15) is 0 Å². The Hall–Kier alpha value is -2.58. The summed E-state index contributed by atoms with van der Waals surface area (Å²) in [6, 6.07) is 13.8. The Labute approximate surface area is 145 Å². The third-order valence-electron chi connectivity index (χ3n) is 3.80. The SMILES string of the molecule is NS(=O)(=O)c1cccc2c1OCC(NC(=O)OCc1ccccc1)C2. The molecule has 1 aliphatic heterocycles. The van der Waals surface area contributed by atoms with Crippen molar-refractivity contribution < 1.29 is 22.7 Å². The molecular formula is C17H18N2O5S. The summed E-state index contributed by atoms with van der Waals surface area (Å²) in [6.45, 7) is 0.312. The number of alkyl carbamates (subject to hydrolysis) is 1. The van der Waals surface area contributed by atoms with Crippen molar-refractivity contribution in [2.24, 2.45) is 5.14 Å². The van der Waals surface area contributed by atoms with Gasteiger partial charge in [0.15, 0.2) is 0 Å². The molecule has 0 bridgehead atoms. The van der Waals surface area contributed by atoms with E-state index in [0.717, 1.165) is 5.56 Å². The molecule has 0 aromatic heterocycles. The molecule has 3 N–H and O–H groups in total. The molecule has 3 rings (SSSR count). The van der Waals surface area contributed by atoms with Crippen LogP contribution in [0.25, 0.3) is 0 Å². The van der Waals surface area contributed by atoms with Crippen LogP contribution in [-0.4, -0.2) is 27.2 Å². The van der Waals surface area contributed by atoms with E-state index in [1.54, 1.807) is 12.1 Å². The summed E-state index contributed by atoms with van der Waals surface area (Å²) in [7, 11) is -3.86. The van der Waals surface area contributed by atoms with Crippen LogP contribution in [0.5, 0.6) is 5.75 Å². The van der Waals surface area contributed by atoms with Crippen molar-refractivity contribution in [2.75, 3.05) is 6.61 Å². The van der Waals surface area contributed by atoms with Crippen LogP contribution in [0.3, 0.4) is 0 Å². The summed E-state index contributed by atoms with van der Waals surface area (Å²) in [6.07, 6.45) is -0.123. The number of nitrogens with two attached hydrogens (primary N) is 1. The van der Waals surface area contributed by atoms with Crippen molar-refractivity contribution in [2.45, 2.75) is 24.0 Å². The predicted octanol–water partition coefficient (Wildman–Crippen LogP) is 1.56. The first kappa shape index (κ1) is 17.2. The topological polar surface area (TPSA) is 108 Å². The van der Waals surface area contributed by atoms with Gasteiger partial charge in [0.05, 0.1) is 6.04 Å². The standard InChI is InChI=1S/C17H18N2O5S/c18-25(21,22)15-8-4-7-13-9-14(11-23-16(13)15)19-17(20)24-10-12-5-2-1-3-6-12/h1-8,14H,9-11H2,(H,19,20)(H2,18,21,22). The van der Waals surface area contributed by atoms with E-state index >= 15 is 0 Å². The number of carbonyl (C=O) groups is 1. The van der Waals surface area contributed by atoms with Gasteiger partial charge in [0.2, 0.25) is 10.0 Å². The number of carbonyl (C=O) groups excluding carboxylic acids is 1. The lowest BCUT2D eigenvalue weighted by atomic mass is 10.0. The fourth-order valence-electron chi connectivity index (χ4n) is 2.64. The summed E-state index contributed by atoms with van der Waals surface area (Å²) < 4.78 is 33.9. The number of sulfonamides is 1. The van der Waals surface area contributed by atoms with Crippen LogP contribution in [-0.2, 0) is 27.8 Å². The zero-order valence-corrected chi connectivity index (χ0v) is 14.2. The highest BCUT2D eigenvalue weighted by Gasteiger charge is 2.27. The number of amides is 1. The van der Waals surface area contributed by atoms with Crippen LogP contribution in [0.1, 0.15) is 11.1 Å². The zero-order valence-electron chi connectivity index (χ0n) is 13.3. The Morgan fingerprint density at radius 3 is 2.68 bits per heavy atom. The highest BCUT2D eigenvalue weighted by molar-refractivity contribution is 7.89. The number of fused-ring (bicyclic) bond motifs is 1. The highest BCUT2D eigenvalue weighted by atomic mass is 32.2. The summed E-state index contributed by atoms with van der Waals surface area (Å²) >= 11 is 0. The van der Waals surface area contributed by atoms with Crippen LogP contribution >= 0.6 is 0 Å². The monoisotopic (exact) mass is 362 g/mol. The van der Waals surface area contributed by atoms with Gasteiger partial charge in [0.25, 0.3) is 0 Å². The van der Waals surface area contributed by atoms with E-state index in [2.05, 4.69) is 5.32 Å². The Kier molecular flexibility index (Phi) is 4.91. The summed E-state index contributed by atoms with van der Waals surface area (Å²) in [4.78, 5) is 11.9. The fourth-order valence-corrected chi connectivity index (χ4v) is 3.36. The van der Waals surface area contributed by atoms with E-state index in [9.17, 15) is 13.2 Å². The number of hydrogen-bond donors (Lipinski definition) is 2. The van der Waals surface area contributed by atoms with Crippen LogP contribution < -0.4 is 15.2 Å². The van der Waals surface area contributed by atoms with Crippen LogP contribution in [0, 0.1) is 0 Å². The van der Waals surface area contributed by atoms with Crippen molar-refractivity contribution in [3.8, 4) is 5.75 Å². The van der Waals surface area contributed by atoms with E-state index in [4.69, 9.17) is 14.6 Å². The van der Waals surface area contributed by atoms with Crippen molar-refractivity contribution in [1.29, 1.82) is 0 Å². The Bertz CT molecular complexity index is 868. The van der Waals surface area contributed by atoms with Gasteiger partial charge >= 0.3 is 6.09 Å². The van der Waals surface area contributed by atoms with E-state index < -0.39 is 16.1 Å². The van der Waals surface area contributed by atoms with E-state index in [0.29, 0.717) is 12.0 Å². The molecule has 0 spiro atoms. The van der Waals surface area contributed by atoms with Gasteiger partial charge in [0.1, 0.15) is 23.9 Å². The van der Waals surface area contributed by atoms with E-state index in [1.807, 2.05) is 30.3 Å². The van der Waals surface area contributed by atoms with Gasteiger partial charge in [-0.1, -0.05) is 42.5 Å². The van der Waals surface area contributed by atoms with Crippen LogP contribution in [0.15, 0.2) is 53.4 Å². The minimum Gasteiger partial charge on any atom is -0.490 e. The molecule has 0 saturated carbocycles. The second kappa shape index (κ2) is 7.12. The first-order valence-electron chi connectivity index (χ1n) is 7.68. The average Bonchev–Trinajstić information content (AvgIpc) is 2.59. The Morgan fingerprint density at radius 1 is 1.20 bits per heavy atom. The average molecular weight is 362 g/mol. The maximum atomic E-state index is 11.9. The first-order valence-corrected chi connectivity index (χ1v) is 9.23. The van der Waals surface area contributed by atoms with Gasteiger partial charge in [-0.25, -0.2) is 18.4 Å². The van der Waals surface area contributed by atoms with Crippen LogP contribution in [0.4, 0.5) is 4.79 Å². The van der Waals surface area contributed by atoms with E-state index in [-0.39, 0.29) is 29.9 Å². The molecule has 2 aromatic carbocycles. The first-order chi connectivity index (χ1) is 11.9. The molecule has 1 amide bonds. The number of ether oxygens (including phenoxy) is 2. The van der Waals surface area contributed by atoms with Crippen molar-refractivity contribution in [1.82, 2.24) is 5.32 Å². The molecule has 1 heterocycles. The minimum absolute atomic E-state index is 0.0462. The number of primary sulfonamides is 1. The highest BCUT2D eigenvalue weighted by Crippen LogP contribution is 2.31. The molecular weight excluding hydrogens is 344 g/mol. The molecule has 0 radical (unpaired) electrons. The zero-order chi connectivity index (χ0) is 17.9. The van der Waals surface area contributed by atoms with Gasteiger partial charge in [-0.05, 0) is 23.6 Å². The third kappa shape index (κ3) is 4.28. The number of rotatable bonds is 4. The second-order valence-electron chi connectivity index (χ2n) is 5.71. The maximum Gasteiger partial charge on any atom is 0.407 e. The maximum absolute atomic E-state index is 11.9. The molecule has 0 fully saturated rings. The molecule has 8 heteroatoms. The lowest BCUT2D eigenvalue weighted by molar-refractivity contribution is 0.128. The van der Waals surface area contributed by atoms with Gasteiger partial charge in [-0.15, -0.1) is 0 Å². The fraction of sp³-hybridized carbons (Fsp3) is 0.235. The lowest BCUT2D eigenvalue weighted by Crippen LogP contribution is -2.43. The number of para-hydroxylation sites is 1. The largest absolute Gasteiger partial charge is 0.490 e. The quantitative estimate of drug-likeness (QED) is 0.858. The number of hydrogen-bond acceptors (Lipinski definition) is 5. The molecule has 7 nitrogen and oxygen atoms in total. The van der Waals surface area contributed by atoms with E-state index in [1.165, 1.54) is 6.07 Å². The predicted molar refractivity (Wildman–Crippen MR) is 90.6 cm³/mol. The summed E-state index contributed by atoms with van der Waals surface area (Å²) in [5, 5.41) is 7.91. The van der Waals surface area contributed by atoms with Crippen LogP contribution in [0.2, 0.25) is 0 Å². The number of benzene rings is 2. The molecule has 2 aromatic rings. The third-order valence-corrected chi connectivity index (χ3v) is 4.73. The smallest absolute Gasteiger partial charge is 0.407 e. The minimum atomic E-state index is -3.86. The van der Waals surface area contributed by atoms with Crippen molar-refractivity contribution in [3.05, 3.63) is 59.7 Å². The Morgan fingerprint density at radius 2 is 1.96 bits per heavy atom. The van der Waals surface area contributed by atoms with Crippen molar-refractivity contribution in [3.63, 3.8) is 0 Å². The molecule has 0 saturated heterocycles. The Balaban J connectivity index is 1.61. The summed E-state index contributed by atoms with van der Waals surface area (Å²) in [5.74, 6) is 0.251. The lowest BCUT2D eigenvalue weighted by Gasteiger charge is -2.27. The molecule has 0 aliphatic carbocycles. The number of nitrogens with one attached hydrogen (secondary N) is 1. The van der Waals surface area contributed by atoms with Gasteiger partial charge < -0.3 is 14.8 Å². The second-order valence-corrected chi connectivity index (χ2v) is 7.24. The normalized spacial score (nSPS) is 16.4. The molecule has 1 unspecified atom stereocenters. The summed E-state index contributed by atoms with van der Waals surface area (Å²) in [5.41, 5.74) is 1.56. The molecule has 132 valence electrons.